The maximum absolute atomic E-state index is 7.08. The second-order valence-electron chi connectivity index (χ2n) is 11.0. The lowest BCUT2D eigenvalue weighted by Crippen LogP contribution is -2.59. The second kappa shape index (κ2) is 6.38. The largest absolute Gasteiger partial charge is 0.306 e. The van der Waals surface area contributed by atoms with E-state index in [-0.39, 0.29) is 0 Å². The number of hydrogen-bond donors (Lipinski definition) is 4. The van der Waals surface area contributed by atoms with Gasteiger partial charge in [-0.1, -0.05) is 72.8 Å². The van der Waals surface area contributed by atoms with E-state index in [0.29, 0.717) is 0 Å². The first-order valence-corrected chi connectivity index (χ1v) is 12.9. The first kappa shape index (κ1) is 20.7. The van der Waals surface area contributed by atoms with Crippen LogP contribution in [0.1, 0.15) is 22.3 Å². The maximum atomic E-state index is 7.08. The first-order chi connectivity index (χ1) is 18.4. The molecule has 38 heavy (non-hydrogen) atoms. The Morgan fingerprint density at radius 3 is 0.868 bits per heavy atom. The molecule has 4 heteroatoms. The van der Waals surface area contributed by atoms with Crippen molar-refractivity contribution in [2.75, 3.05) is 0 Å². The lowest BCUT2D eigenvalue weighted by molar-refractivity contribution is 0.459. The highest BCUT2D eigenvalue weighted by Gasteiger charge is 2.46. The molecule has 0 amide bonds. The zero-order valence-corrected chi connectivity index (χ0v) is 20.5. The minimum atomic E-state index is -1.26. The highest BCUT2D eigenvalue weighted by atomic mass is 15.0. The highest BCUT2D eigenvalue weighted by Crippen LogP contribution is 2.54. The molecule has 0 unspecified atom stereocenters. The van der Waals surface area contributed by atoms with Crippen LogP contribution < -0.4 is 22.9 Å². The highest BCUT2D eigenvalue weighted by molar-refractivity contribution is 6.16. The number of fused-ring (bicyclic) bond motifs is 8. The van der Waals surface area contributed by atoms with Crippen LogP contribution in [0, 0.1) is 0 Å². The van der Waals surface area contributed by atoms with Crippen molar-refractivity contribution in [3.05, 3.63) is 119 Å². The molecule has 0 aliphatic heterocycles. The summed E-state index contributed by atoms with van der Waals surface area (Å²) in [6, 6.07) is 34.1. The third-order valence-electron chi connectivity index (χ3n) is 9.07. The van der Waals surface area contributed by atoms with E-state index in [4.69, 9.17) is 22.9 Å². The Morgan fingerprint density at radius 1 is 0.342 bits per heavy atom. The van der Waals surface area contributed by atoms with Crippen molar-refractivity contribution in [2.45, 2.75) is 11.3 Å². The second-order valence-corrected chi connectivity index (χ2v) is 11.0. The molecule has 6 aromatic carbocycles. The lowest BCUT2D eigenvalue weighted by atomic mass is 9.70. The van der Waals surface area contributed by atoms with Crippen molar-refractivity contribution in [3.8, 4) is 44.5 Å². The fourth-order valence-corrected chi connectivity index (χ4v) is 7.33. The van der Waals surface area contributed by atoms with Gasteiger partial charge in [0.1, 0.15) is 11.3 Å². The fourth-order valence-electron chi connectivity index (χ4n) is 7.33. The van der Waals surface area contributed by atoms with E-state index < -0.39 is 11.3 Å². The minimum absolute atomic E-state index is 0.771. The SMILES string of the molecule is NC1(N)c2cc3c(cc2C(N)(N)c2cc4c(cc21)-c1cccc2cccc-4c12)-c1cccc2cccc-3c12. The monoisotopic (exact) mass is 488 g/mol. The molecule has 180 valence electrons. The molecule has 0 atom stereocenters. The van der Waals surface area contributed by atoms with Crippen molar-refractivity contribution in [3.63, 3.8) is 0 Å². The van der Waals surface area contributed by atoms with Gasteiger partial charge in [0, 0.05) is 0 Å². The Hall–Kier alpha value is -4.32. The van der Waals surface area contributed by atoms with Crippen molar-refractivity contribution in [1.29, 1.82) is 0 Å². The molecule has 0 aromatic heterocycles. The predicted molar refractivity (Wildman–Crippen MR) is 155 cm³/mol. The summed E-state index contributed by atoms with van der Waals surface area (Å²) in [7, 11) is 0. The third-order valence-corrected chi connectivity index (χ3v) is 9.07. The van der Waals surface area contributed by atoms with Crippen molar-refractivity contribution < 1.29 is 0 Å². The average Bonchev–Trinajstić information content (AvgIpc) is 3.42. The number of hydrogen-bond acceptors (Lipinski definition) is 4. The van der Waals surface area contributed by atoms with E-state index in [1.54, 1.807) is 0 Å². The number of nitrogens with two attached hydrogens (primary N) is 4. The molecule has 0 spiro atoms. The summed E-state index contributed by atoms with van der Waals surface area (Å²) in [5, 5.41) is 4.90. The van der Waals surface area contributed by atoms with Gasteiger partial charge in [0.25, 0.3) is 0 Å². The Morgan fingerprint density at radius 2 is 0.605 bits per heavy atom. The fraction of sp³-hybridized carbons (Fsp3) is 0.0588. The van der Waals surface area contributed by atoms with Crippen LogP contribution in [-0.4, -0.2) is 0 Å². The van der Waals surface area contributed by atoms with Crippen molar-refractivity contribution in [2.24, 2.45) is 22.9 Å². The topological polar surface area (TPSA) is 104 Å². The maximum Gasteiger partial charge on any atom is 0.117 e. The molecule has 0 bridgehead atoms. The van der Waals surface area contributed by atoms with Crippen LogP contribution in [-0.2, 0) is 11.3 Å². The van der Waals surface area contributed by atoms with Gasteiger partial charge in [0.05, 0.1) is 0 Å². The predicted octanol–water partition coefficient (Wildman–Crippen LogP) is 5.84. The van der Waals surface area contributed by atoms with Crippen LogP contribution in [0.5, 0.6) is 0 Å². The molecule has 4 nitrogen and oxygen atoms in total. The molecule has 6 aromatic rings. The molecular weight excluding hydrogens is 464 g/mol. The van der Waals surface area contributed by atoms with Gasteiger partial charge in [-0.25, -0.2) is 0 Å². The molecule has 9 rings (SSSR count). The van der Waals surface area contributed by atoms with Crippen molar-refractivity contribution in [1.82, 2.24) is 0 Å². The normalized spacial score (nSPS) is 16.3. The van der Waals surface area contributed by atoms with Crippen LogP contribution in [0.15, 0.2) is 97.1 Å². The quantitative estimate of drug-likeness (QED) is 0.201. The summed E-state index contributed by atoms with van der Waals surface area (Å²) in [5.74, 6) is 0. The van der Waals surface area contributed by atoms with E-state index in [0.717, 1.165) is 44.5 Å². The summed E-state index contributed by atoms with van der Waals surface area (Å²) < 4.78 is 0. The molecule has 0 heterocycles. The molecule has 0 fully saturated rings. The van der Waals surface area contributed by atoms with Gasteiger partial charge in [-0.2, -0.15) is 0 Å². The van der Waals surface area contributed by atoms with Gasteiger partial charge < -0.3 is 22.9 Å². The molecule has 0 radical (unpaired) electrons. The van der Waals surface area contributed by atoms with Crippen LogP contribution in [0.2, 0.25) is 0 Å². The Balaban J connectivity index is 1.35. The lowest BCUT2D eigenvalue weighted by Gasteiger charge is -2.43. The van der Waals surface area contributed by atoms with Gasteiger partial charge >= 0.3 is 0 Å². The van der Waals surface area contributed by atoms with E-state index in [1.807, 2.05) is 0 Å². The zero-order valence-electron chi connectivity index (χ0n) is 20.5. The van der Waals surface area contributed by atoms with E-state index in [9.17, 15) is 0 Å². The molecular formula is C34H24N4. The molecule has 3 aliphatic rings. The smallest absolute Gasteiger partial charge is 0.117 e. The van der Waals surface area contributed by atoms with Crippen molar-refractivity contribution >= 4 is 21.5 Å². The molecule has 0 saturated heterocycles. The van der Waals surface area contributed by atoms with Gasteiger partial charge in [-0.05, 0) is 113 Å². The molecule has 3 aliphatic carbocycles. The molecule has 8 N–H and O–H groups in total. The van der Waals surface area contributed by atoms with Crippen LogP contribution in [0.4, 0.5) is 0 Å². The van der Waals surface area contributed by atoms with Crippen LogP contribution >= 0.6 is 0 Å². The Kier molecular flexibility index (Phi) is 3.48. The standard InChI is InChI=1S/C34H24N4/c35-33(36)27-13-23-19-9-1-5-17-6-2-10-20(31(17)19)24(23)14-28(27)34(37,38)30-16-26-22-12-4-8-18-7-3-11-21(32(18)22)25(26)15-29(30)33/h1-16H,35-38H2. The molecule has 0 saturated carbocycles. The minimum Gasteiger partial charge on any atom is -0.306 e. The summed E-state index contributed by atoms with van der Waals surface area (Å²) in [6.07, 6.45) is 0. The number of rotatable bonds is 0. The van der Waals surface area contributed by atoms with E-state index in [1.165, 1.54) is 43.8 Å². The van der Waals surface area contributed by atoms with E-state index >= 15 is 0 Å². The Labute approximate surface area is 219 Å². The van der Waals surface area contributed by atoms with Crippen LogP contribution in [0.25, 0.3) is 66.1 Å². The zero-order chi connectivity index (χ0) is 25.6. The first-order valence-electron chi connectivity index (χ1n) is 12.9. The van der Waals surface area contributed by atoms with Crippen LogP contribution in [0.3, 0.4) is 0 Å². The third kappa shape index (κ3) is 2.23. The van der Waals surface area contributed by atoms with Gasteiger partial charge in [0.2, 0.25) is 0 Å². The van der Waals surface area contributed by atoms with Gasteiger partial charge in [-0.15, -0.1) is 0 Å². The van der Waals surface area contributed by atoms with E-state index in [2.05, 4.69) is 97.1 Å². The summed E-state index contributed by atoms with van der Waals surface area (Å²) in [6.45, 7) is 0. The summed E-state index contributed by atoms with van der Waals surface area (Å²) >= 11 is 0. The average molecular weight is 489 g/mol. The van der Waals surface area contributed by atoms with Gasteiger partial charge in [0.15, 0.2) is 0 Å². The Bertz CT molecular complexity index is 1800. The number of benzene rings is 6. The summed E-state index contributed by atoms with van der Waals surface area (Å²) in [5.41, 5.74) is 38.1. The van der Waals surface area contributed by atoms with Gasteiger partial charge in [-0.3, -0.25) is 0 Å². The summed E-state index contributed by atoms with van der Waals surface area (Å²) in [4.78, 5) is 0.